The number of piperazine rings is 1. The number of nitrogens with zero attached hydrogens (tertiary/aromatic N) is 4. The monoisotopic (exact) mass is 430 g/mol. The van der Waals surface area contributed by atoms with Crippen molar-refractivity contribution in [2.75, 3.05) is 42.6 Å². The molecule has 4 rings (SSSR count). The van der Waals surface area contributed by atoms with Gasteiger partial charge >= 0.3 is 5.97 Å². The third-order valence-electron chi connectivity index (χ3n) is 5.44. The Hall–Kier alpha value is -3.92. The summed E-state index contributed by atoms with van der Waals surface area (Å²) in [6.45, 7) is 4.30. The van der Waals surface area contributed by atoms with Crippen LogP contribution in [-0.2, 0) is 4.74 Å². The normalized spacial score (nSPS) is 13.5. The van der Waals surface area contributed by atoms with Gasteiger partial charge in [-0.25, -0.2) is 14.2 Å². The van der Waals surface area contributed by atoms with Crippen molar-refractivity contribution in [3.05, 3.63) is 77.6 Å². The Balaban J connectivity index is 1.68. The average molecular weight is 430 g/mol. The number of aromatic nitrogens is 1. The third-order valence-corrected chi connectivity index (χ3v) is 5.44. The summed E-state index contributed by atoms with van der Waals surface area (Å²) in [5, 5.41) is 9.78. The van der Waals surface area contributed by atoms with E-state index in [2.05, 4.69) is 6.07 Å². The maximum Gasteiger partial charge on any atom is 0.340 e. The number of para-hydroxylation sites is 1. The first-order valence-corrected chi connectivity index (χ1v) is 10.5. The van der Waals surface area contributed by atoms with Crippen LogP contribution in [0.1, 0.15) is 22.8 Å². The van der Waals surface area contributed by atoms with Gasteiger partial charge in [0, 0.05) is 31.7 Å². The molecule has 0 unspecified atom stereocenters. The molecule has 7 heteroatoms. The van der Waals surface area contributed by atoms with E-state index >= 15 is 0 Å². The molecule has 0 spiro atoms. The number of carbonyl (C=O) groups excluding carboxylic acids is 1. The number of carbonyl (C=O) groups is 1. The van der Waals surface area contributed by atoms with Crippen LogP contribution < -0.4 is 9.80 Å². The average Bonchev–Trinajstić information content (AvgIpc) is 2.84. The Morgan fingerprint density at radius 2 is 1.72 bits per heavy atom. The van der Waals surface area contributed by atoms with Crippen molar-refractivity contribution in [1.82, 2.24) is 4.98 Å². The van der Waals surface area contributed by atoms with E-state index in [0.717, 1.165) is 5.56 Å². The number of hydrogen-bond acceptors (Lipinski definition) is 6. The summed E-state index contributed by atoms with van der Waals surface area (Å²) in [6, 6.07) is 19.8. The number of halogens is 1. The molecule has 0 amide bonds. The van der Waals surface area contributed by atoms with E-state index in [0.29, 0.717) is 48.9 Å². The maximum atomic E-state index is 14.2. The van der Waals surface area contributed by atoms with E-state index in [1.807, 2.05) is 46.2 Å². The second-order valence-electron chi connectivity index (χ2n) is 7.38. The lowest BCUT2D eigenvalue weighted by Gasteiger charge is -2.37. The summed E-state index contributed by atoms with van der Waals surface area (Å²) < 4.78 is 19.4. The van der Waals surface area contributed by atoms with Gasteiger partial charge in [0.2, 0.25) is 0 Å². The lowest BCUT2D eigenvalue weighted by Crippen LogP contribution is -2.47. The predicted molar refractivity (Wildman–Crippen MR) is 121 cm³/mol. The maximum absolute atomic E-state index is 14.2. The highest BCUT2D eigenvalue weighted by molar-refractivity contribution is 5.97. The molecule has 0 aliphatic carbocycles. The van der Waals surface area contributed by atoms with Gasteiger partial charge in [-0.1, -0.05) is 42.5 Å². The van der Waals surface area contributed by atoms with E-state index < -0.39 is 5.97 Å². The molecule has 6 nitrogen and oxygen atoms in total. The van der Waals surface area contributed by atoms with Gasteiger partial charge in [-0.15, -0.1) is 0 Å². The predicted octanol–water partition coefficient (Wildman–Crippen LogP) is 4.26. The fraction of sp³-hybridized carbons (Fsp3) is 0.240. The molecular weight excluding hydrogens is 407 g/mol. The van der Waals surface area contributed by atoms with Gasteiger partial charge in [-0.2, -0.15) is 5.26 Å². The molecule has 32 heavy (non-hydrogen) atoms. The highest BCUT2D eigenvalue weighted by Gasteiger charge is 2.25. The molecule has 1 aromatic heterocycles. The van der Waals surface area contributed by atoms with Crippen molar-refractivity contribution in [1.29, 1.82) is 5.26 Å². The lowest BCUT2D eigenvalue weighted by molar-refractivity contribution is 0.0527. The van der Waals surface area contributed by atoms with Crippen LogP contribution in [-0.4, -0.2) is 43.7 Å². The van der Waals surface area contributed by atoms with Gasteiger partial charge in [-0.3, -0.25) is 0 Å². The van der Waals surface area contributed by atoms with Crippen molar-refractivity contribution in [2.45, 2.75) is 6.92 Å². The Morgan fingerprint density at radius 1 is 1.06 bits per heavy atom. The number of rotatable bonds is 5. The van der Waals surface area contributed by atoms with E-state index in [9.17, 15) is 14.4 Å². The zero-order chi connectivity index (χ0) is 22.5. The van der Waals surface area contributed by atoms with Crippen molar-refractivity contribution in [3.63, 3.8) is 0 Å². The lowest BCUT2D eigenvalue weighted by atomic mass is 10.0. The number of pyridine rings is 1. The Bertz CT molecular complexity index is 1150. The van der Waals surface area contributed by atoms with Gasteiger partial charge < -0.3 is 14.5 Å². The molecule has 1 aliphatic heterocycles. The van der Waals surface area contributed by atoms with E-state index in [1.54, 1.807) is 25.1 Å². The van der Waals surface area contributed by atoms with Crippen LogP contribution in [0.5, 0.6) is 0 Å². The molecule has 1 saturated heterocycles. The number of esters is 1. The summed E-state index contributed by atoms with van der Waals surface area (Å²) in [6.07, 6.45) is 0. The van der Waals surface area contributed by atoms with Crippen molar-refractivity contribution in [3.8, 4) is 17.3 Å². The van der Waals surface area contributed by atoms with E-state index in [1.165, 1.54) is 6.07 Å². The highest BCUT2D eigenvalue weighted by atomic mass is 19.1. The van der Waals surface area contributed by atoms with Crippen molar-refractivity contribution >= 4 is 17.5 Å². The molecule has 2 heterocycles. The molecule has 2 aromatic carbocycles. The quantitative estimate of drug-likeness (QED) is 0.564. The minimum Gasteiger partial charge on any atom is -0.462 e. The van der Waals surface area contributed by atoms with Crippen LogP contribution in [0.25, 0.3) is 11.3 Å². The van der Waals surface area contributed by atoms with Crippen molar-refractivity contribution in [2.24, 2.45) is 0 Å². The molecule has 0 saturated carbocycles. The smallest absolute Gasteiger partial charge is 0.340 e. The fourth-order valence-corrected chi connectivity index (χ4v) is 3.87. The molecule has 0 bridgehead atoms. The van der Waals surface area contributed by atoms with Crippen LogP contribution in [0.3, 0.4) is 0 Å². The first-order chi connectivity index (χ1) is 15.6. The summed E-state index contributed by atoms with van der Waals surface area (Å²) in [5.74, 6) is -0.235. The van der Waals surface area contributed by atoms with Crippen LogP contribution in [0.2, 0.25) is 0 Å². The van der Waals surface area contributed by atoms with Gasteiger partial charge in [0.05, 0.1) is 29.1 Å². The number of hydrogen-bond donors (Lipinski definition) is 0. The molecule has 0 atom stereocenters. The summed E-state index contributed by atoms with van der Waals surface area (Å²) in [7, 11) is 0. The molecule has 162 valence electrons. The van der Waals surface area contributed by atoms with Crippen LogP contribution in [0, 0.1) is 17.1 Å². The molecule has 1 aliphatic rings. The number of nitriles is 1. The summed E-state index contributed by atoms with van der Waals surface area (Å²) >= 11 is 0. The van der Waals surface area contributed by atoms with Crippen LogP contribution in [0.4, 0.5) is 15.9 Å². The number of benzene rings is 2. The molecule has 3 aromatic rings. The zero-order valence-corrected chi connectivity index (χ0v) is 17.8. The van der Waals surface area contributed by atoms with Crippen molar-refractivity contribution < 1.29 is 13.9 Å². The van der Waals surface area contributed by atoms with Gasteiger partial charge in [0.1, 0.15) is 17.7 Å². The zero-order valence-electron chi connectivity index (χ0n) is 17.8. The standard InChI is InChI=1S/C25H23FN4O2/c1-2-32-25(31)20-16-19(17-27)24(28-23(20)18-8-4-3-5-9-18)30-14-12-29(13-15-30)22-11-7-6-10-21(22)26/h3-11,16H,2,12-15H2,1H3. The van der Waals surface area contributed by atoms with Gasteiger partial charge in [-0.05, 0) is 25.1 Å². The highest BCUT2D eigenvalue weighted by Crippen LogP contribution is 2.30. The van der Waals surface area contributed by atoms with Crippen LogP contribution >= 0.6 is 0 Å². The second kappa shape index (κ2) is 9.48. The third kappa shape index (κ3) is 4.26. The second-order valence-corrected chi connectivity index (χ2v) is 7.38. The first kappa shape index (κ1) is 21.3. The SMILES string of the molecule is CCOC(=O)c1cc(C#N)c(N2CCN(c3ccccc3F)CC2)nc1-c1ccccc1. The summed E-state index contributed by atoms with van der Waals surface area (Å²) in [4.78, 5) is 21.4. The van der Waals surface area contributed by atoms with Gasteiger partial charge in [0.25, 0.3) is 0 Å². The van der Waals surface area contributed by atoms with E-state index in [4.69, 9.17) is 9.72 Å². The Morgan fingerprint density at radius 3 is 2.38 bits per heavy atom. The Labute approximate surface area is 186 Å². The molecule has 1 fully saturated rings. The fourth-order valence-electron chi connectivity index (χ4n) is 3.87. The minimum absolute atomic E-state index is 0.231. The van der Waals surface area contributed by atoms with Crippen LogP contribution in [0.15, 0.2) is 60.7 Å². The first-order valence-electron chi connectivity index (χ1n) is 10.5. The molecule has 0 N–H and O–H groups in total. The summed E-state index contributed by atoms with van der Waals surface area (Å²) in [5.41, 5.74) is 2.40. The largest absolute Gasteiger partial charge is 0.462 e. The van der Waals surface area contributed by atoms with Gasteiger partial charge in [0.15, 0.2) is 0 Å². The number of ether oxygens (including phenoxy) is 1. The van der Waals surface area contributed by atoms with E-state index in [-0.39, 0.29) is 18.0 Å². The minimum atomic E-state index is -0.508. The molecule has 0 radical (unpaired) electrons. The topological polar surface area (TPSA) is 69.5 Å². The number of anilines is 2. The molecular formula is C25H23FN4O2. The Kier molecular flexibility index (Phi) is 6.31.